The van der Waals surface area contributed by atoms with Crippen LogP contribution in [0.4, 0.5) is 0 Å². The van der Waals surface area contributed by atoms with E-state index in [0.29, 0.717) is 41.2 Å². The van der Waals surface area contributed by atoms with Gasteiger partial charge in [-0.1, -0.05) is 35.3 Å². The first kappa shape index (κ1) is 22.7. The minimum absolute atomic E-state index is 0.00464. The minimum atomic E-state index is -0.217. The fraction of sp³-hybridized carbons (Fsp3) is 0.409. The second-order valence-corrected chi connectivity index (χ2v) is 8.34. The highest BCUT2D eigenvalue weighted by Gasteiger charge is 2.32. The number of amides is 1. The summed E-state index contributed by atoms with van der Waals surface area (Å²) in [7, 11) is 1.60. The number of aliphatic hydroxyl groups excluding tert-OH is 1. The molecule has 1 saturated heterocycles. The molecular weight excluding hydrogens is 427 g/mol. The summed E-state index contributed by atoms with van der Waals surface area (Å²) in [5, 5.41) is 13.0. The van der Waals surface area contributed by atoms with Gasteiger partial charge in [0, 0.05) is 41.3 Å². The lowest BCUT2D eigenvalue weighted by Gasteiger charge is -2.38. The lowest BCUT2D eigenvalue weighted by Crippen LogP contribution is -2.54. The molecule has 0 aromatic heterocycles. The van der Waals surface area contributed by atoms with E-state index in [9.17, 15) is 4.79 Å². The van der Waals surface area contributed by atoms with Crippen molar-refractivity contribution in [3.8, 4) is 11.5 Å². The normalized spacial score (nSPS) is 15.4. The van der Waals surface area contributed by atoms with E-state index in [1.165, 1.54) is 0 Å². The van der Waals surface area contributed by atoms with Crippen molar-refractivity contribution in [2.45, 2.75) is 26.1 Å². The van der Waals surface area contributed by atoms with Gasteiger partial charge in [0.15, 0.2) is 11.5 Å². The fourth-order valence-corrected chi connectivity index (χ4v) is 3.72. The van der Waals surface area contributed by atoms with E-state index >= 15 is 0 Å². The van der Waals surface area contributed by atoms with Crippen LogP contribution in [0.5, 0.6) is 11.5 Å². The molecule has 1 heterocycles. The Bertz CT molecular complexity index is 887. The fourth-order valence-electron chi connectivity index (χ4n) is 3.25. The average Bonchev–Trinajstić information content (AvgIpc) is 2.69. The van der Waals surface area contributed by atoms with E-state index in [2.05, 4.69) is 10.2 Å². The van der Waals surface area contributed by atoms with Gasteiger partial charge in [-0.3, -0.25) is 9.69 Å². The lowest BCUT2D eigenvalue weighted by atomic mass is 9.98. The van der Waals surface area contributed by atoms with Crippen LogP contribution in [0.1, 0.15) is 18.1 Å². The highest BCUT2D eigenvalue weighted by atomic mass is 35.5. The van der Waals surface area contributed by atoms with E-state index < -0.39 is 0 Å². The largest absolute Gasteiger partial charge is 0.493 e. The number of aliphatic hydroxyl groups is 1. The molecule has 1 amide bonds. The molecule has 3 rings (SSSR count). The number of benzene rings is 2. The number of carbonyl (C=O) groups is 1. The van der Waals surface area contributed by atoms with Crippen LogP contribution in [0, 0.1) is 5.92 Å². The highest BCUT2D eigenvalue weighted by Crippen LogP contribution is 2.31. The maximum atomic E-state index is 12.1. The van der Waals surface area contributed by atoms with Crippen molar-refractivity contribution in [1.29, 1.82) is 0 Å². The summed E-state index contributed by atoms with van der Waals surface area (Å²) in [6.07, 6.45) is 0. The molecule has 8 heteroatoms. The monoisotopic (exact) mass is 452 g/mol. The zero-order valence-electron chi connectivity index (χ0n) is 17.0. The number of methoxy groups -OCH3 is 1. The third-order valence-corrected chi connectivity index (χ3v) is 5.61. The zero-order valence-corrected chi connectivity index (χ0v) is 18.5. The number of nitrogens with zero attached hydrogens (tertiary/aromatic N) is 1. The Kier molecular flexibility index (Phi) is 7.83. The second kappa shape index (κ2) is 10.4. The van der Waals surface area contributed by atoms with E-state index in [1.807, 2.05) is 24.3 Å². The van der Waals surface area contributed by atoms with Gasteiger partial charge in [0.1, 0.15) is 6.61 Å². The van der Waals surface area contributed by atoms with Gasteiger partial charge in [-0.05, 0) is 36.8 Å². The smallest absolute Gasteiger partial charge is 0.225 e. The van der Waals surface area contributed by atoms with Crippen LogP contribution < -0.4 is 14.8 Å². The molecule has 0 radical (unpaired) electrons. The molecule has 162 valence electrons. The minimum Gasteiger partial charge on any atom is -0.493 e. The van der Waals surface area contributed by atoms with E-state index in [1.54, 1.807) is 26.2 Å². The van der Waals surface area contributed by atoms with Gasteiger partial charge in [-0.2, -0.15) is 0 Å². The number of halogens is 2. The Balaban J connectivity index is 1.54. The lowest BCUT2D eigenvalue weighted by molar-refractivity contribution is -0.131. The summed E-state index contributed by atoms with van der Waals surface area (Å²) in [6, 6.07) is 10.9. The Morgan fingerprint density at radius 1 is 1.23 bits per heavy atom. The summed E-state index contributed by atoms with van der Waals surface area (Å²) < 4.78 is 11.4. The van der Waals surface area contributed by atoms with Gasteiger partial charge >= 0.3 is 0 Å². The number of ether oxygens (including phenoxy) is 2. The molecule has 2 aromatic rings. The van der Waals surface area contributed by atoms with Crippen LogP contribution in [0.15, 0.2) is 36.4 Å². The topological polar surface area (TPSA) is 71.0 Å². The standard InChI is InChI=1S/C22H26Cl2N2O4/c1-14(12-27)25-22(28)17-10-26(11-17)9-15-3-6-20(21(7-15)29-2)30-13-16-4-5-18(23)8-19(16)24/h3-8,14,17,27H,9-13H2,1-2H3,(H,25,28)/t14-/m0/s1. The van der Waals surface area contributed by atoms with Crippen molar-refractivity contribution in [1.82, 2.24) is 10.2 Å². The second-order valence-electron chi connectivity index (χ2n) is 7.49. The van der Waals surface area contributed by atoms with E-state index in [0.717, 1.165) is 17.7 Å². The molecule has 0 aliphatic carbocycles. The average molecular weight is 453 g/mol. The molecule has 0 saturated carbocycles. The predicted octanol–water partition coefficient (Wildman–Crippen LogP) is 3.51. The number of hydrogen-bond donors (Lipinski definition) is 2. The third kappa shape index (κ3) is 5.79. The number of likely N-dealkylation sites (tertiary alicyclic amines) is 1. The molecule has 2 N–H and O–H groups in total. The number of hydrogen-bond acceptors (Lipinski definition) is 5. The first-order chi connectivity index (χ1) is 14.4. The van der Waals surface area contributed by atoms with Crippen LogP contribution in [0.2, 0.25) is 10.0 Å². The van der Waals surface area contributed by atoms with Crippen LogP contribution in [-0.4, -0.2) is 48.8 Å². The molecule has 0 bridgehead atoms. The van der Waals surface area contributed by atoms with Crippen molar-refractivity contribution < 1.29 is 19.4 Å². The highest BCUT2D eigenvalue weighted by molar-refractivity contribution is 6.35. The Morgan fingerprint density at radius 2 is 2.00 bits per heavy atom. The Hall–Kier alpha value is -1.99. The van der Waals surface area contributed by atoms with Crippen molar-refractivity contribution in [3.63, 3.8) is 0 Å². The molecule has 30 heavy (non-hydrogen) atoms. The van der Waals surface area contributed by atoms with Gasteiger partial charge in [-0.15, -0.1) is 0 Å². The zero-order chi connectivity index (χ0) is 21.7. The third-order valence-electron chi connectivity index (χ3n) is 5.02. The first-order valence-corrected chi connectivity index (χ1v) is 10.5. The van der Waals surface area contributed by atoms with E-state index in [4.69, 9.17) is 37.8 Å². The van der Waals surface area contributed by atoms with Gasteiger partial charge in [0.25, 0.3) is 0 Å². The molecule has 1 aliphatic heterocycles. The van der Waals surface area contributed by atoms with Gasteiger partial charge in [0.2, 0.25) is 5.91 Å². The van der Waals surface area contributed by atoms with Gasteiger partial charge < -0.3 is 19.9 Å². The quantitative estimate of drug-likeness (QED) is 0.608. The SMILES string of the molecule is COc1cc(CN2CC(C(=O)N[C@@H](C)CO)C2)ccc1OCc1ccc(Cl)cc1Cl. The number of carbonyl (C=O) groups excluding carboxylic acids is 1. The maximum absolute atomic E-state index is 12.1. The Labute approximate surface area is 186 Å². The summed E-state index contributed by atoms with van der Waals surface area (Å²) in [4.78, 5) is 14.3. The molecule has 1 aliphatic rings. The molecule has 0 spiro atoms. The summed E-state index contributed by atoms with van der Waals surface area (Å²) in [5.41, 5.74) is 1.92. The van der Waals surface area contributed by atoms with Crippen LogP contribution in [0.3, 0.4) is 0 Å². The van der Waals surface area contributed by atoms with Crippen LogP contribution in [0.25, 0.3) is 0 Å². The van der Waals surface area contributed by atoms with Crippen molar-refractivity contribution >= 4 is 29.1 Å². The van der Waals surface area contributed by atoms with Crippen molar-refractivity contribution in [3.05, 3.63) is 57.6 Å². The van der Waals surface area contributed by atoms with Crippen molar-refractivity contribution in [2.75, 3.05) is 26.8 Å². The maximum Gasteiger partial charge on any atom is 0.225 e. The van der Waals surface area contributed by atoms with Crippen molar-refractivity contribution in [2.24, 2.45) is 5.92 Å². The predicted molar refractivity (Wildman–Crippen MR) is 117 cm³/mol. The van der Waals surface area contributed by atoms with Gasteiger partial charge in [-0.25, -0.2) is 0 Å². The molecule has 6 nitrogen and oxygen atoms in total. The summed E-state index contributed by atoms with van der Waals surface area (Å²) >= 11 is 12.1. The van der Waals surface area contributed by atoms with E-state index in [-0.39, 0.29) is 24.5 Å². The summed E-state index contributed by atoms with van der Waals surface area (Å²) in [5.74, 6) is 1.23. The first-order valence-electron chi connectivity index (χ1n) is 9.76. The number of rotatable bonds is 9. The van der Waals surface area contributed by atoms with Crippen LogP contribution in [-0.2, 0) is 17.9 Å². The summed E-state index contributed by atoms with van der Waals surface area (Å²) in [6.45, 7) is 4.14. The van der Waals surface area contributed by atoms with Crippen LogP contribution >= 0.6 is 23.2 Å². The molecular formula is C22H26Cl2N2O4. The van der Waals surface area contributed by atoms with Gasteiger partial charge in [0.05, 0.1) is 19.6 Å². The molecule has 1 fully saturated rings. The number of nitrogens with one attached hydrogen (secondary N) is 1. The molecule has 1 atom stereocenters. The molecule has 0 unspecified atom stereocenters. The molecule has 2 aromatic carbocycles. The Morgan fingerprint density at radius 3 is 2.67 bits per heavy atom.